The second-order valence-corrected chi connectivity index (χ2v) is 6.35. The minimum atomic E-state index is -0.188. The maximum atomic E-state index is 12.0. The molecule has 0 saturated heterocycles. The molecule has 1 saturated carbocycles. The van der Waals surface area contributed by atoms with Crippen molar-refractivity contribution >= 4 is 6.03 Å². The number of nitrogens with zero attached hydrogens (tertiary/aromatic N) is 1. The average Bonchev–Trinajstić information content (AvgIpc) is 2.93. The first-order valence-electron chi connectivity index (χ1n) is 7.94. The van der Waals surface area contributed by atoms with Crippen molar-refractivity contribution in [1.82, 2.24) is 20.8 Å². The second kappa shape index (κ2) is 6.47. The third-order valence-corrected chi connectivity index (χ3v) is 4.66. The molecule has 1 fully saturated rings. The molecular weight excluding hydrogens is 268 g/mol. The molecule has 6 nitrogen and oxygen atoms in total. The van der Waals surface area contributed by atoms with Crippen molar-refractivity contribution in [3.05, 3.63) is 17.5 Å². The molecule has 0 aromatic carbocycles. The van der Waals surface area contributed by atoms with Crippen LogP contribution in [0.25, 0.3) is 0 Å². The number of urea groups is 1. The molecule has 4 N–H and O–H groups in total. The fourth-order valence-corrected chi connectivity index (χ4v) is 3.46. The number of aromatic nitrogens is 2. The zero-order chi connectivity index (χ0) is 14.7. The Bertz CT molecular complexity index is 488. The van der Waals surface area contributed by atoms with E-state index in [0.29, 0.717) is 12.5 Å². The Morgan fingerprint density at radius 3 is 3.19 bits per heavy atom. The predicted molar refractivity (Wildman–Crippen MR) is 78.9 cm³/mol. The van der Waals surface area contributed by atoms with Crippen LogP contribution in [0.3, 0.4) is 0 Å². The number of aliphatic hydroxyl groups is 1. The third-order valence-electron chi connectivity index (χ3n) is 4.66. The van der Waals surface area contributed by atoms with Gasteiger partial charge in [-0.2, -0.15) is 5.10 Å². The SMILES string of the molecule is O=C(NCC1CCCC(O)C1)NC1CCc2[nH]ncc2C1. The summed E-state index contributed by atoms with van der Waals surface area (Å²) in [5.74, 6) is 0.409. The molecule has 21 heavy (non-hydrogen) atoms. The van der Waals surface area contributed by atoms with Gasteiger partial charge in [0, 0.05) is 18.3 Å². The molecule has 1 heterocycles. The number of nitrogens with one attached hydrogen (secondary N) is 3. The lowest BCUT2D eigenvalue weighted by atomic mass is 9.87. The van der Waals surface area contributed by atoms with Gasteiger partial charge in [-0.15, -0.1) is 0 Å². The average molecular weight is 292 g/mol. The van der Waals surface area contributed by atoms with Crippen molar-refractivity contribution in [2.75, 3.05) is 6.54 Å². The highest BCUT2D eigenvalue weighted by molar-refractivity contribution is 5.74. The topological polar surface area (TPSA) is 90.0 Å². The molecule has 1 aromatic rings. The van der Waals surface area contributed by atoms with Gasteiger partial charge in [0.2, 0.25) is 0 Å². The van der Waals surface area contributed by atoms with Gasteiger partial charge in [0.05, 0.1) is 12.3 Å². The normalized spacial score (nSPS) is 28.7. The molecule has 2 aliphatic carbocycles. The van der Waals surface area contributed by atoms with Crippen molar-refractivity contribution in [3.8, 4) is 0 Å². The first-order valence-corrected chi connectivity index (χ1v) is 7.94. The summed E-state index contributed by atoms with van der Waals surface area (Å²) in [4.78, 5) is 12.0. The Hall–Kier alpha value is -1.56. The van der Waals surface area contributed by atoms with E-state index in [9.17, 15) is 9.90 Å². The molecule has 0 aliphatic heterocycles. The Labute approximate surface area is 124 Å². The number of aryl methyl sites for hydroxylation is 1. The van der Waals surface area contributed by atoms with E-state index in [1.165, 1.54) is 11.3 Å². The minimum Gasteiger partial charge on any atom is -0.393 e. The summed E-state index contributed by atoms with van der Waals surface area (Å²) in [5, 5.41) is 22.7. The van der Waals surface area contributed by atoms with E-state index in [0.717, 1.165) is 44.9 Å². The Morgan fingerprint density at radius 1 is 1.43 bits per heavy atom. The van der Waals surface area contributed by atoms with E-state index in [1.54, 1.807) is 0 Å². The van der Waals surface area contributed by atoms with E-state index in [1.807, 2.05) is 6.20 Å². The fourth-order valence-electron chi connectivity index (χ4n) is 3.46. The van der Waals surface area contributed by atoms with Gasteiger partial charge >= 0.3 is 6.03 Å². The van der Waals surface area contributed by atoms with Crippen LogP contribution >= 0.6 is 0 Å². The van der Waals surface area contributed by atoms with Crippen LogP contribution in [0.1, 0.15) is 43.4 Å². The van der Waals surface area contributed by atoms with Crippen LogP contribution < -0.4 is 10.6 Å². The van der Waals surface area contributed by atoms with Crippen molar-refractivity contribution in [2.45, 2.75) is 57.1 Å². The summed E-state index contributed by atoms with van der Waals surface area (Å²) in [6.07, 6.45) is 8.26. The summed E-state index contributed by atoms with van der Waals surface area (Å²) >= 11 is 0. The van der Waals surface area contributed by atoms with Gasteiger partial charge in [0.1, 0.15) is 0 Å². The van der Waals surface area contributed by atoms with E-state index in [-0.39, 0.29) is 18.2 Å². The highest BCUT2D eigenvalue weighted by Crippen LogP contribution is 2.23. The molecule has 116 valence electrons. The monoisotopic (exact) mass is 292 g/mol. The van der Waals surface area contributed by atoms with Gasteiger partial charge in [0.15, 0.2) is 0 Å². The maximum Gasteiger partial charge on any atom is 0.315 e. The van der Waals surface area contributed by atoms with Crippen LogP contribution in [-0.2, 0) is 12.8 Å². The van der Waals surface area contributed by atoms with Crippen LogP contribution in [0.15, 0.2) is 6.20 Å². The first-order chi connectivity index (χ1) is 10.2. The number of rotatable bonds is 3. The van der Waals surface area contributed by atoms with Crippen molar-refractivity contribution in [1.29, 1.82) is 0 Å². The molecule has 2 amide bonds. The molecule has 2 aliphatic rings. The third kappa shape index (κ3) is 3.75. The zero-order valence-corrected chi connectivity index (χ0v) is 12.3. The molecule has 0 radical (unpaired) electrons. The summed E-state index contributed by atoms with van der Waals surface area (Å²) in [7, 11) is 0. The van der Waals surface area contributed by atoms with E-state index in [4.69, 9.17) is 0 Å². The van der Waals surface area contributed by atoms with Gasteiger partial charge in [0.25, 0.3) is 0 Å². The molecular formula is C15H24N4O2. The van der Waals surface area contributed by atoms with Gasteiger partial charge < -0.3 is 15.7 Å². The van der Waals surface area contributed by atoms with Crippen LogP contribution in [0.2, 0.25) is 0 Å². The molecule has 0 bridgehead atoms. The lowest BCUT2D eigenvalue weighted by Gasteiger charge is -2.27. The van der Waals surface area contributed by atoms with Crippen molar-refractivity contribution in [2.24, 2.45) is 5.92 Å². The molecule has 3 rings (SSSR count). The molecule has 3 unspecified atom stereocenters. The summed E-state index contributed by atoms with van der Waals surface area (Å²) in [6.45, 7) is 0.659. The molecule has 3 atom stereocenters. The number of hydrogen-bond acceptors (Lipinski definition) is 3. The fraction of sp³-hybridized carbons (Fsp3) is 0.733. The Balaban J connectivity index is 1.40. The van der Waals surface area contributed by atoms with Gasteiger partial charge in [-0.25, -0.2) is 4.79 Å². The number of aromatic amines is 1. The number of carbonyl (C=O) groups is 1. The lowest BCUT2D eigenvalue weighted by molar-refractivity contribution is 0.101. The molecule has 0 spiro atoms. The van der Waals surface area contributed by atoms with Crippen LogP contribution in [0.4, 0.5) is 4.79 Å². The molecule has 1 aromatic heterocycles. The summed E-state index contributed by atoms with van der Waals surface area (Å²) in [6, 6.07) is 0.0963. The van der Waals surface area contributed by atoms with Crippen molar-refractivity contribution < 1.29 is 9.90 Å². The number of amides is 2. The Morgan fingerprint density at radius 2 is 2.33 bits per heavy atom. The van der Waals surface area contributed by atoms with Crippen LogP contribution in [0, 0.1) is 5.92 Å². The molecule has 6 heteroatoms. The summed E-state index contributed by atoms with van der Waals surface area (Å²) < 4.78 is 0. The first kappa shape index (κ1) is 14.4. The number of hydrogen-bond donors (Lipinski definition) is 4. The lowest BCUT2D eigenvalue weighted by Crippen LogP contribution is -2.46. The second-order valence-electron chi connectivity index (χ2n) is 6.35. The van der Waals surface area contributed by atoms with Gasteiger partial charge in [-0.05, 0) is 50.0 Å². The maximum absolute atomic E-state index is 12.0. The standard InChI is InChI=1S/C15H24N4O2/c20-13-3-1-2-10(6-13)8-16-15(21)18-12-4-5-14-11(7-12)9-17-19-14/h9-10,12-13,20H,1-8H2,(H,17,19)(H2,16,18,21). The highest BCUT2D eigenvalue weighted by atomic mass is 16.3. The number of H-pyrrole nitrogens is 1. The highest BCUT2D eigenvalue weighted by Gasteiger charge is 2.23. The number of carbonyl (C=O) groups excluding carboxylic acids is 1. The smallest absolute Gasteiger partial charge is 0.315 e. The van der Waals surface area contributed by atoms with Gasteiger partial charge in [-0.1, -0.05) is 6.42 Å². The minimum absolute atomic E-state index is 0.0907. The van der Waals surface area contributed by atoms with E-state index >= 15 is 0 Å². The largest absolute Gasteiger partial charge is 0.393 e. The number of aliphatic hydroxyl groups excluding tert-OH is 1. The van der Waals surface area contributed by atoms with Crippen LogP contribution in [-0.4, -0.2) is 40.0 Å². The number of fused-ring (bicyclic) bond motifs is 1. The van der Waals surface area contributed by atoms with E-state index in [2.05, 4.69) is 20.8 Å². The van der Waals surface area contributed by atoms with Crippen LogP contribution in [0.5, 0.6) is 0 Å². The summed E-state index contributed by atoms with van der Waals surface area (Å²) in [5.41, 5.74) is 2.41. The Kier molecular flexibility index (Phi) is 4.43. The van der Waals surface area contributed by atoms with Crippen molar-refractivity contribution in [3.63, 3.8) is 0 Å². The quantitative estimate of drug-likeness (QED) is 0.673. The van der Waals surface area contributed by atoms with Gasteiger partial charge in [-0.3, -0.25) is 5.10 Å². The predicted octanol–water partition coefficient (Wildman–Crippen LogP) is 1.12. The van der Waals surface area contributed by atoms with E-state index < -0.39 is 0 Å². The zero-order valence-electron chi connectivity index (χ0n) is 12.3.